The maximum Gasteiger partial charge on any atom is 0.126 e. The van der Waals surface area contributed by atoms with Gasteiger partial charge < -0.3 is 14.6 Å². The van der Waals surface area contributed by atoms with Crippen molar-refractivity contribution in [2.24, 2.45) is 0 Å². The van der Waals surface area contributed by atoms with E-state index in [0.29, 0.717) is 23.8 Å². The molecule has 0 fully saturated rings. The Balaban J connectivity index is 2.23. The van der Waals surface area contributed by atoms with Crippen molar-refractivity contribution in [2.75, 3.05) is 13.7 Å². The Labute approximate surface area is 106 Å². The standard InChI is InChI=1S/C13H17ClO3/c1-13(5-6-16-2)8-11(15)10-7-9(14)3-4-12(10)17-13/h3-4,7,11,15H,5-6,8H2,1-2H3. The molecule has 1 aliphatic heterocycles. The molecule has 0 aromatic heterocycles. The van der Waals surface area contributed by atoms with E-state index in [9.17, 15) is 5.11 Å². The summed E-state index contributed by atoms with van der Waals surface area (Å²) in [4.78, 5) is 0. The van der Waals surface area contributed by atoms with Crippen LogP contribution in [0.1, 0.15) is 31.4 Å². The van der Waals surface area contributed by atoms with Gasteiger partial charge in [0.25, 0.3) is 0 Å². The zero-order chi connectivity index (χ0) is 12.5. The Morgan fingerprint density at radius 1 is 1.59 bits per heavy atom. The molecule has 1 N–H and O–H groups in total. The maximum atomic E-state index is 10.1. The predicted octanol–water partition coefficient (Wildman–Crippen LogP) is 2.95. The minimum Gasteiger partial charge on any atom is -0.487 e. The summed E-state index contributed by atoms with van der Waals surface area (Å²) in [6, 6.07) is 5.34. The van der Waals surface area contributed by atoms with Crippen LogP contribution < -0.4 is 4.74 Å². The first-order valence-corrected chi connectivity index (χ1v) is 6.07. The molecular formula is C13H17ClO3. The average molecular weight is 257 g/mol. The quantitative estimate of drug-likeness (QED) is 0.904. The molecule has 2 atom stereocenters. The van der Waals surface area contributed by atoms with Gasteiger partial charge in [-0.3, -0.25) is 0 Å². The third-order valence-corrected chi connectivity index (χ3v) is 3.38. The maximum absolute atomic E-state index is 10.1. The summed E-state index contributed by atoms with van der Waals surface area (Å²) in [5.74, 6) is 0.715. The van der Waals surface area contributed by atoms with Gasteiger partial charge in [0.1, 0.15) is 11.4 Å². The van der Waals surface area contributed by atoms with Crippen molar-refractivity contribution in [3.8, 4) is 5.75 Å². The van der Waals surface area contributed by atoms with Crippen LogP contribution in [0.25, 0.3) is 0 Å². The fourth-order valence-corrected chi connectivity index (χ4v) is 2.35. The summed E-state index contributed by atoms with van der Waals surface area (Å²) in [7, 11) is 1.66. The van der Waals surface area contributed by atoms with Crippen LogP contribution in [0, 0.1) is 0 Å². The molecule has 4 heteroatoms. The fraction of sp³-hybridized carbons (Fsp3) is 0.538. The normalized spacial score (nSPS) is 27.4. The summed E-state index contributed by atoms with van der Waals surface area (Å²) >= 11 is 5.91. The SMILES string of the molecule is COCCC1(C)CC(O)c2cc(Cl)ccc2O1. The third kappa shape index (κ3) is 2.73. The smallest absolute Gasteiger partial charge is 0.126 e. The monoisotopic (exact) mass is 256 g/mol. The van der Waals surface area contributed by atoms with Crippen molar-refractivity contribution < 1.29 is 14.6 Å². The van der Waals surface area contributed by atoms with Crippen LogP contribution >= 0.6 is 11.6 Å². The van der Waals surface area contributed by atoms with Crippen molar-refractivity contribution >= 4 is 11.6 Å². The highest BCUT2D eigenvalue weighted by Gasteiger charge is 2.36. The minimum absolute atomic E-state index is 0.379. The third-order valence-electron chi connectivity index (χ3n) is 3.15. The number of aliphatic hydroxyl groups excluding tert-OH is 1. The predicted molar refractivity (Wildman–Crippen MR) is 66.6 cm³/mol. The Morgan fingerprint density at radius 2 is 2.35 bits per heavy atom. The van der Waals surface area contributed by atoms with E-state index in [4.69, 9.17) is 21.1 Å². The Morgan fingerprint density at radius 3 is 3.06 bits per heavy atom. The number of halogens is 1. The van der Waals surface area contributed by atoms with E-state index in [-0.39, 0.29) is 5.60 Å². The van der Waals surface area contributed by atoms with Crippen LogP contribution in [0.5, 0.6) is 5.75 Å². The van der Waals surface area contributed by atoms with E-state index in [1.54, 1.807) is 19.2 Å². The molecule has 0 spiro atoms. The number of fused-ring (bicyclic) bond motifs is 1. The van der Waals surface area contributed by atoms with Gasteiger partial charge in [-0.25, -0.2) is 0 Å². The van der Waals surface area contributed by atoms with Crippen LogP contribution in [0.15, 0.2) is 18.2 Å². The highest BCUT2D eigenvalue weighted by atomic mass is 35.5. The van der Waals surface area contributed by atoms with Gasteiger partial charge in [-0.1, -0.05) is 11.6 Å². The zero-order valence-electron chi connectivity index (χ0n) is 10.1. The second kappa shape index (κ2) is 4.84. The van der Waals surface area contributed by atoms with Gasteiger partial charge in [-0.05, 0) is 25.1 Å². The summed E-state index contributed by atoms with van der Waals surface area (Å²) < 4.78 is 11.0. The largest absolute Gasteiger partial charge is 0.487 e. The minimum atomic E-state index is -0.528. The molecule has 0 aliphatic carbocycles. The van der Waals surface area contributed by atoms with Gasteiger partial charge >= 0.3 is 0 Å². The lowest BCUT2D eigenvalue weighted by molar-refractivity contribution is -0.0202. The lowest BCUT2D eigenvalue weighted by atomic mass is 9.88. The van der Waals surface area contributed by atoms with Gasteiger partial charge in [-0.2, -0.15) is 0 Å². The van der Waals surface area contributed by atoms with Crippen LogP contribution in [-0.2, 0) is 4.74 Å². The summed E-state index contributed by atoms with van der Waals surface area (Å²) in [6.07, 6.45) is 0.783. The van der Waals surface area contributed by atoms with Crippen molar-refractivity contribution in [1.29, 1.82) is 0 Å². The summed E-state index contributed by atoms with van der Waals surface area (Å²) in [5, 5.41) is 10.8. The number of hydrogen-bond donors (Lipinski definition) is 1. The van der Waals surface area contributed by atoms with E-state index < -0.39 is 6.10 Å². The molecule has 17 heavy (non-hydrogen) atoms. The van der Waals surface area contributed by atoms with Gasteiger partial charge in [0.05, 0.1) is 6.10 Å². The number of aliphatic hydroxyl groups is 1. The number of rotatable bonds is 3. The highest BCUT2D eigenvalue weighted by Crippen LogP contribution is 2.41. The molecule has 2 unspecified atom stereocenters. The zero-order valence-corrected chi connectivity index (χ0v) is 10.8. The molecule has 0 amide bonds. The molecule has 1 aromatic rings. The number of hydrogen-bond acceptors (Lipinski definition) is 3. The second-order valence-corrected chi connectivity index (χ2v) is 5.13. The Kier molecular flexibility index (Phi) is 3.61. The summed E-state index contributed by atoms with van der Waals surface area (Å²) in [6.45, 7) is 2.61. The molecular weight excluding hydrogens is 240 g/mol. The van der Waals surface area contributed by atoms with Gasteiger partial charge in [0.15, 0.2) is 0 Å². The number of ether oxygens (including phenoxy) is 2. The van der Waals surface area contributed by atoms with Gasteiger partial charge in [0, 0.05) is 37.1 Å². The summed E-state index contributed by atoms with van der Waals surface area (Å²) in [5.41, 5.74) is 0.392. The molecule has 2 rings (SSSR count). The molecule has 0 saturated carbocycles. The van der Waals surface area contributed by atoms with Crippen LogP contribution in [-0.4, -0.2) is 24.4 Å². The molecule has 1 heterocycles. The Bertz CT molecular complexity index is 408. The van der Waals surface area contributed by atoms with Gasteiger partial charge in [0.2, 0.25) is 0 Å². The van der Waals surface area contributed by atoms with E-state index in [0.717, 1.165) is 12.0 Å². The van der Waals surface area contributed by atoms with Crippen molar-refractivity contribution in [3.05, 3.63) is 28.8 Å². The molecule has 0 bridgehead atoms. The van der Waals surface area contributed by atoms with E-state index in [2.05, 4.69) is 0 Å². The van der Waals surface area contributed by atoms with Crippen molar-refractivity contribution in [2.45, 2.75) is 31.5 Å². The van der Waals surface area contributed by atoms with Gasteiger partial charge in [-0.15, -0.1) is 0 Å². The average Bonchev–Trinajstić information content (AvgIpc) is 2.28. The fourth-order valence-electron chi connectivity index (χ4n) is 2.17. The number of methoxy groups -OCH3 is 1. The highest BCUT2D eigenvalue weighted by molar-refractivity contribution is 6.30. The lowest BCUT2D eigenvalue weighted by Gasteiger charge is -2.38. The topological polar surface area (TPSA) is 38.7 Å². The Hall–Kier alpha value is -0.770. The molecule has 0 saturated heterocycles. The molecule has 1 aliphatic rings. The first kappa shape index (κ1) is 12.7. The van der Waals surface area contributed by atoms with E-state index in [1.807, 2.05) is 13.0 Å². The molecule has 0 radical (unpaired) electrons. The van der Waals surface area contributed by atoms with Crippen LogP contribution in [0.2, 0.25) is 5.02 Å². The lowest BCUT2D eigenvalue weighted by Crippen LogP contribution is -2.39. The van der Waals surface area contributed by atoms with Crippen LogP contribution in [0.3, 0.4) is 0 Å². The molecule has 94 valence electrons. The van der Waals surface area contributed by atoms with E-state index >= 15 is 0 Å². The van der Waals surface area contributed by atoms with Crippen molar-refractivity contribution in [1.82, 2.24) is 0 Å². The van der Waals surface area contributed by atoms with E-state index in [1.165, 1.54) is 0 Å². The molecule has 3 nitrogen and oxygen atoms in total. The van der Waals surface area contributed by atoms with Crippen molar-refractivity contribution in [3.63, 3.8) is 0 Å². The first-order chi connectivity index (χ1) is 8.04. The second-order valence-electron chi connectivity index (χ2n) is 4.70. The van der Waals surface area contributed by atoms with Crippen LogP contribution in [0.4, 0.5) is 0 Å². The number of benzene rings is 1. The first-order valence-electron chi connectivity index (χ1n) is 5.69. The molecule has 1 aromatic carbocycles.